The summed E-state index contributed by atoms with van der Waals surface area (Å²) < 4.78 is 15.8. The van der Waals surface area contributed by atoms with Crippen molar-refractivity contribution in [1.29, 1.82) is 0 Å². The van der Waals surface area contributed by atoms with E-state index in [1.54, 1.807) is 21.3 Å². The number of benzene rings is 2. The van der Waals surface area contributed by atoms with Gasteiger partial charge < -0.3 is 19.9 Å². The van der Waals surface area contributed by atoms with Crippen LogP contribution in [0, 0.1) is 0 Å². The number of allylic oxidation sites excluding steroid dienone is 1. The van der Waals surface area contributed by atoms with E-state index in [0.717, 1.165) is 28.9 Å². The molecule has 2 rings (SSSR count). The first-order valence-electron chi connectivity index (χ1n) is 7.92. The lowest BCUT2D eigenvalue weighted by Crippen LogP contribution is -2.07. The van der Waals surface area contributed by atoms with E-state index in [1.807, 2.05) is 42.5 Å². The molecule has 5 nitrogen and oxygen atoms in total. The van der Waals surface area contributed by atoms with Crippen LogP contribution in [0.2, 0.25) is 0 Å². The van der Waals surface area contributed by atoms with Gasteiger partial charge in [0, 0.05) is 6.08 Å². The minimum absolute atomic E-state index is 0.460. The zero-order valence-corrected chi connectivity index (χ0v) is 14.7. The van der Waals surface area contributed by atoms with Crippen LogP contribution in [0.5, 0.6) is 17.2 Å². The molecule has 0 aliphatic heterocycles. The number of nitrogens with two attached hydrogens (primary N) is 1. The minimum atomic E-state index is -0.460. The van der Waals surface area contributed by atoms with Crippen LogP contribution >= 0.6 is 0 Å². The van der Waals surface area contributed by atoms with Gasteiger partial charge in [0.05, 0.1) is 21.3 Å². The summed E-state index contributed by atoms with van der Waals surface area (Å²) in [5, 5.41) is 0. The highest BCUT2D eigenvalue weighted by Crippen LogP contribution is 2.29. The Morgan fingerprint density at radius 2 is 1.64 bits per heavy atom. The first kappa shape index (κ1) is 18.4. The zero-order valence-electron chi connectivity index (χ0n) is 14.7. The third-order valence-corrected chi connectivity index (χ3v) is 3.91. The molecule has 2 aromatic carbocycles. The van der Waals surface area contributed by atoms with Crippen LogP contribution in [-0.2, 0) is 11.2 Å². The predicted octanol–water partition coefficient (Wildman–Crippen LogP) is 3.21. The maximum Gasteiger partial charge on any atom is 0.241 e. The average molecular weight is 341 g/mol. The summed E-state index contributed by atoms with van der Waals surface area (Å²) in [5.74, 6) is 1.68. The summed E-state index contributed by atoms with van der Waals surface area (Å²) in [6.45, 7) is 0. The number of carbonyl (C=O) groups is 1. The Kier molecular flexibility index (Phi) is 6.46. The fraction of sp³-hybridized carbons (Fsp3) is 0.250. The van der Waals surface area contributed by atoms with Crippen molar-refractivity contribution in [3.05, 3.63) is 59.7 Å². The molecular formula is C20H23NO4. The highest BCUT2D eigenvalue weighted by Gasteiger charge is 2.08. The normalized spacial score (nSPS) is 11.1. The highest BCUT2D eigenvalue weighted by molar-refractivity contribution is 5.94. The highest BCUT2D eigenvalue weighted by atomic mass is 16.5. The van der Waals surface area contributed by atoms with E-state index in [2.05, 4.69) is 0 Å². The molecule has 0 aliphatic carbocycles. The lowest BCUT2D eigenvalue weighted by Gasteiger charge is -2.11. The lowest BCUT2D eigenvalue weighted by atomic mass is 9.97. The fourth-order valence-corrected chi connectivity index (χ4v) is 2.59. The molecule has 25 heavy (non-hydrogen) atoms. The summed E-state index contributed by atoms with van der Waals surface area (Å²) in [6.07, 6.45) is 2.89. The van der Waals surface area contributed by atoms with Crippen molar-refractivity contribution in [3.8, 4) is 17.2 Å². The van der Waals surface area contributed by atoms with Gasteiger partial charge >= 0.3 is 0 Å². The first-order chi connectivity index (χ1) is 12.1. The number of methoxy groups -OCH3 is 3. The van der Waals surface area contributed by atoms with E-state index >= 15 is 0 Å². The molecule has 0 saturated heterocycles. The van der Waals surface area contributed by atoms with Gasteiger partial charge in [-0.1, -0.05) is 18.2 Å². The molecule has 2 N–H and O–H groups in total. The number of carbonyl (C=O) groups excluding carboxylic acids is 1. The van der Waals surface area contributed by atoms with Gasteiger partial charge in [-0.25, -0.2) is 0 Å². The van der Waals surface area contributed by atoms with Gasteiger partial charge in [-0.2, -0.15) is 0 Å². The second-order valence-corrected chi connectivity index (χ2v) is 5.49. The number of ether oxygens (including phenoxy) is 3. The monoisotopic (exact) mass is 341 g/mol. The smallest absolute Gasteiger partial charge is 0.241 e. The third-order valence-electron chi connectivity index (χ3n) is 3.91. The Hall–Kier alpha value is -2.95. The van der Waals surface area contributed by atoms with Gasteiger partial charge in [0.25, 0.3) is 0 Å². The summed E-state index contributed by atoms with van der Waals surface area (Å²) in [4.78, 5) is 11.4. The van der Waals surface area contributed by atoms with E-state index < -0.39 is 5.91 Å². The van der Waals surface area contributed by atoms with Crippen molar-refractivity contribution in [2.45, 2.75) is 12.8 Å². The molecule has 0 aromatic heterocycles. The summed E-state index contributed by atoms with van der Waals surface area (Å²) >= 11 is 0. The second-order valence-electron chi connectivity index (χ2n) is 5.49. The molecule has 0 aliphatic rings. The molecule has 1 amide bonds. The van der Waals surface area contributed by atoms with Crippen molar-refractivity contribution >= 4 is 11.5 Å². The molecule has 0 radical (unpaired) electrons. The number of amides is 1. The lowest BCUT2D eigenvalue weighted by molar-refractivity contribution is -0.113. The topological polar surface area (TPSA) is 70.8 Å². The second kappa shape index (κ2) is 8.78. The predicted molar refractivity (Wildman–Crippen MR) is 98.0 cm³/mol. The van der Waals surface area contributed by atoms with Gasteiger partial charge in [-0.3, -0.25) is 4.79 Å². The van der Waals surface area contributed by atoms with E-state index in [1.165, 1.54) is 6.08 Å². The minimum Gasteiger partial charge on any atom is -0.497 e. The largest absolute Gasteiger partial charge is 0.497 e. The van der Waals surface area contributed by atoms with E-state index in [-0.39, 0.29) is 0 Å². The molecule has 2 aromatic rings. The molecule has 0 saturated carbocycles. The Balaban J connectivity index is 2.19. The van der Waals surface area contributed by atoms with Gasteiger partial charge in [-0.05, 0) is 53.8 Å². The maximum atomic E-state index is 11.4. The number of hydrogen-bond acceptors (Lipinski definition) is 4. The Morgan fingerprint density at radius 3 is 2.20 bits per heavy atom. The molecule has 0 unspecified atom stereocenters. The molecule has 0 spiro atoms. The molecule has 0 heterocycles. The van der Waals surface area contributed by atoms with Gasteiger partial charge in [-0.15, -0.1) is 0 Å². The van der Waals surface area contributed by atoms with Crippen molar-refractivity contribution in [1.82, 2.24) is 0 Å². The quantitative estimate of drug-likeness (QED) is 0.749. The molecule has 5 heteroatoms. The van der Waals surface area contributed by atoms with E-state index in [4.69, 9.17) is 19.9 Å². The van der Waals surface area contributed by atoms with Gasteiger partial charge in [0.1, 0.15) is 5.75 Å². The van der Waals surface area contributed by atoms with Crippen LogP contribution in [0.3, 0.4) is 0 Å². The number of hydrogen-bond donors (Lipinski definition) is 1. The molecule has 0 atom stereocenters. The summed E-state index contributed by atoms with van der Waals surface area (Å²) in [5.41, 5.74) is 8.27. The van der Waals surface area contributed by atoms with Crippen molar-refractivity contribution in [2.24, 2.45) is 5.73 Å². The number of aryl methyl sites for hydroxylation is 1. The van der Waals surface area contributed by atoms with Crippen molar-refractivity contribution in [3.63, 3.8) is 0 Å². The third kappa shape index (κ3) is 5.01. The van der Waals surface area contributed by atoms with E-state index in [9.17, 15) is 4.79 Å². The number of primary amides is 1. The van der Waals surface area contributed by atoms with Crippen molar-refractivity contribution < 1.29 is 19.0 Å². The van der Waals surface area contributed by atoms with Crippen LogP contribution in [0.15, 0.2) is 48.5 Å². The number of rotatable bonds is 8. The molecule has 0 bridgehead atoms. The van der Waals surface area contributed by atoms with Crippen LogP contribution in [-0.4, -0.2) is 27.2 Å². The van der Waals surface area contributed by atoms with E-state index in [0.29, 0.717) is 17.9 Å². The van der Waals surface area contributed by atoms with Crippen molar-refractivity contribution in [2.75, 3.05) is 21.3 Å². The molecular weight excluding hydrogens is 318 g/mol. The Morgan fingerprint density at radius 1 is 0.960 bits per heavy atom. The maximum absolute atomic E-state index is 11.4. The molecule has 0 fully saturated rings. The average Bonchev–Trinajstić information content (AvgIpc) is 2.64. The van der Waals surface area contributed by atoms with Crippen LogP contribution in [0.25, 0.3) is 5.57 Å². The van der Waals surface area contributed by atoms with Crippen LogP contribution in [0.4, 0.5) is 0 Å². The van der Waals surface area contributed by atoms with Crippen LogP contribution < -0.4 is 19.9 Å². The van der Waals surface area contributed by atoms with Gasteiger partial charge in [0.2, 0.25) is 5.91 Å². The first-order valence-corrected chi connectivity index (χ1v) is 7.92. The Bertz CT molecular complexity index is 751. The Labute approximate surface area is 148 Å². The zero-order chi connectivity index (χ0) is 18.2. The fourth-order valence-electron chi connectivity index (χ4n) is 2.59. The summed E-state index contributed by atoms with van der Waals surface area (Å²) in [7, 11) is 4.83. The summed E-state index contributed by atoms with van der Waals surface area (Å²) in [6, 6.07) is 13.4. The van der Waals surface area contributed by atoms with Crippen LogP contribution in [0.1, 0.15) is 17.5 Å². The SMILES string of the molecule is COc1ccc(/C(=C/C(N)=O)CCc2ccc(OC)c(OC)c2)cc1. The standard InChI is InChI=1S/C20H23NO4/c1-23-17-9-7-15(8-10-17)16(13-20(21)22)6-4-14-5-11-18(24-2)19(12-14)25-3/h5,7-13H,4,6H2,1-3H3,(H2,21,22)/b16-13+. The molecule has 132 valence electrons. The van der Waals surface area contributed by atoms with Gasteiger partial charge in [0.15, 0.2) is 11.5 Å².